The summed E-state index contributed by atoms with van der Waals surface area (Å²) in [4.78, 5) is 30.4. The molecule has 0 spiro atoms. The van der Waals surface area contributed by atoms with E-state index in [1.54, 1.807) is 6.33 Å². The molecule has 0 fully saturated rings. The number of rotatable bonds is 3. The second kappa shape index (κ2) is 3.88. The zero-order valence-electron chi connectivity index (χ0n) is 9.12. The van der Waals surface area contributed by atoms with Gasteiger partial charge < -0.3 is 9.36 Å². The Morgan fingerprint density at radius 3 is 2.75 bits per heavy atom. The summed E-state index contributed by atoms with van der Waals surface area (Å²) in [6, 6.07) is 0.193. The quantitative estimate of drug-likeness (QED) is 0.701. The third-order valence-electron chi connectivity index (χ3n) is 2.38. The van der Waals surface area contributed by atoms with E-state index in [9.17, 15) is 9.59 Å². The topological polar surface area (TPSA) is 69.8 Å². The van der Waals surface area contributed by atoms with Crippen LogP contribution in [0.25, 0.3) is 11.2 Å². The first kappa shape index (κ1) is 10.5. The number of nitrogens with zero attached hydrogens (tertiary/aromatic N) is 4. The first-order valence-corrected chi connectivity index (χ1v) is 5.00. The standard InChI is InChI=1S/C10H12N4O2/c1-7(2)14-6-11-8-9(14)12-5-13(3-4-15)10(8)16/h4-7H,3H2,1-2H3. The van der Waals surface area contributed by atoms with Gasteiger partial charge in [0.2, 0.25) is 0 Å². The van der Waals surface area contributed by atoms with Crippen molar-refractivity contribution in [1.82, 2.24) is 19.1 Å². The minimum Gasteiger partial charge on any atom is -0.313 e. The highest BCUT2D eigenvalue weighted by Gasteiger charge is 2.11. The van der Waals surface area contributed by atoms with Crippen LogP contribution in [-0.4, -0.2) is 25.4 Å². The Kier molecular flexibility index (Phi) is 2.55. The van der Waals surface area contributed by atoms with Gasteiger partial charge in [0.25, 0.3) is 5.56 Å². The third kappa shape index (κ3) is 1.52. The van der Waals surface area contributed by atoms with Gasteiger partial charge in [0.15, 0.2) is 11.2 Å². The lowest BCUT2D eigenvalue weighted by Crippen LogP contribution is -2.21. The van der Waals surface area contributed by atoms with Crippen molar-refractivity contribution in [3.05, 3.63) is 23.0 Å². The molecule has 6 nitrogen and oxygen atoms in total. The van der Waals surface area contributed by atoms with E-state index in [1.165, 1.54) is 10.9 Å². The highest BCUT2D eigenvalue weighted by molar-refractivity contribution is 5.69. The van der Waals surface area contributed by atoms with Crippen molar-refractivity contribution in [3.63, 3.8) is 0 Å². The lowest BCUT2D eigenvalue weighted by atomic mass is 10.4. The number of aldehydes is 1. The predicted octanol–water partition coefficient (Wildman–Crippen LogP) is 0.373. The van der Waals surface area contributed by atoms with E-state index in [0.29, 0.717) is 17.5 Å². The van der Waals surface area contributed by atoms with Crippen molar-refractivity contribution in [3.8, 4) is 0 Å². The molecule has 0 saturated heterocycles. The number of aromatic nitrogens is 4. The van der Waals surface area contributed by atoms with Gasteiger partial charge in [-0.05, 0) is 13.8 Å². The molecule has 84 valence electrons. The van der Waals surface area contributed by atoms with Crippen LogP contribution >= 0.6 is 0 Å². The molecule has 16 heavy (non-hydrogen) atoms. The Balaban J connectivity index is 2.68. The largest absolute Gasteiger partial charge is 0.313 e. The monoisotopic (exact) mass is 220 g/mol. The van der Waals surface area contributed by atoms with Crippen LogP contribution < -0.4 is 5.56 Å². The normalized spacial score (nSPS) is 11.2. The van der Waals surface area contributed by atoms with E-state index >= 15 is 0 Å². The van der Waals surface area contributed by atoms with E-state index < -0.39 is 0 Å². The zero-order valence-corrected chi connectivity index (χ0v) is 9.12. The predicted molar refractivity (Wildman–Crippen MR) is 58.2 cm³/mol. The molecule has 2 aromatic heterocycles. The molecular weight excluding hydrogens is 208 g/mol. The van der Waals surface area contributed by atoms with Crippen LogP contribution in [0.2, 0.25) is 0 Å². The van der Waals surface area contributed by atoms with Crippen molar-refractivity contribution in [2.45, 2.75) is 26.4 Å². The fraction of sp³-hybridized carbons (Fsp3) is 0.400. The van der Waals surface area contributed by atoms with Crippen molar-refractivity contribution >= 4 is 17.5 Å². The van der Waals surface area contributed by atoms with Crippen molar-refractivity contribution < 1.29 is 4.79 Å². The summed E-state index contributed by atoms with van der Waals surface area (Å²) < 4.78 is 3.06. The lowest BCUT2D eigenvalue weighted by Gasteiger charge is -2.06. The van der Waals surface area contributed by atoms with Crippen molar-refractivity contribution in [1.29, 1.82) is 0 Å². The molecule has 0 bridgehead atoms. The lowest BCUT2D eigenvalue weighted by molar-refractivity contribution is -0.108. The Labute approximate surface area is 91.5 Å². The third-order valence-corrected chi connectivity index (χ3v) is 2.38. The first-order valence-electron chi connectivity index (χ1n) is 5.00. The minimum atomic E-state index is -0.281. The maximum absolute atomic E-state index is 11.8. The molecular formula is C10H12N4O2. The Bertz CT molecular complexity index is 582. The molecule has 6 heteroatoms. The van der Waals surface area contributed by atoms with Crippen LogP contribution in [0.15, 0.2) is 17.4 Å². The summed E-state index contributed by atoms with van der Waals surface area (Å²) in [5.41, 5.74) is 0.580. The second-order valence-corrected chi connectivity index (χ2v) is 3.79. The van der Waals surface area contributed by atoms with Gasteiger partial charge in [0, 0.05) is 6.04 Å². The van der Waals surface area contributed by atoms with Gasteiger partial charge in [0.05, 0.1) is 12.9 Å². The number of hydrogen-bond acceptors (Lipinski definition) is 4. The maximum Gasteiger partial charge on any atom is 0.281 e. The van der Waals surface area contributed by atoms with E-state index in [-0.39, 0.29) is 18.1 Å². The number of carbonyl (C=O) groups is 1. The molecule has 2 heterocycles. The van der Waals surface area contributed by atoms with Crippen LogP contribution in [0.3, 0.4) is 0 Å². The van der Waals surface area contributed by atoms with Gasteiger partial charge >= 0.3 is 0 Å². The SMILES string of the molecule is CC(C)n1cnc2c(=O)n(CC=O)cnc21. The van der Waals surface area contributed by atoms with Crippen LogP contribution in [0.5, 0.6) is 0 Å². The summed E-state index contributed by atoms with van der Waals surface area (Å²) in [7, 11) is 0. The molecule has 0 atom stereocenters. The molecule has 0 aliphatic carbocycles. The molecule has 0 aliphatic heterocycles. The summed E-state index contributed by atoms with van der Waals surface area (Å²) in [6.45, 7) is 3.98. The summed E-state index contributed by atoms with van der Waals surface area (Å²) in [6.07, 6.45) is 3.63. The Hall–Kier alpha value is -1.98. The zero-order chi connectivity index (χ0) is 11.7. The smallest absolute Gasteiger partial charge is 0.281 e. The number of imidazole rings is 1. The summed E-state index contributed by atoms with van der Waals surface area (Å²) >= 11 is 0. The molecule has 0 saturated carbocycles. The Morgan fingerprint density at radius 1 is 1.38 bits per heavy atom. The second-order valence-electron chi connectivity index (χ2n) is 3.79. The molecule has 0 amide bonds. The van der Waals surface area contributed by atoms with Gasteiger partial charge in [-0.25, -0.2) is 9.97 Å². The number of carbonyl (C=O) groups excluding carboxylic acids is 1. The fourth-order valence-electron chi connectivity index (χ4n) is 1.53. The van der Waals surface area contributed by atoms with Crippen LogP contribution in [0.1, 0.15) is 19.9 Å². The van der Waals surface area contributed by atoms with Crippen LogP contribution in [0, 0.1) is 0 Å². The maximum atomic E-state index is 11.8. The van der Waals surface area contributed by atoms with Crippen molar-refractivity contribution in [2.75, 3.05) is 0 Å². The van der Waals surface area contributed by atoms with E-state index in [2.05, 4.69) is 9.97 Å². The minimum absolute atomic E-state index is 0.0102. The molecule has 0 unspecified atom stereocenters. The molecule has 0 N–H and O–H groups in total. The molecule has 0 aliphatic rings. The van der Waals surface area contributed by atoms with Gasteiger partial charge in [-0.1, -0.05) is 0 Å². The van der Waals surface area contributed by atoms with E-state index in [4.69, 9.17) is 0 Å². The number of fused-ring (bicyclic) bond motifs is 1. The van der Waals surface area contributed by atoms with E-state index in [1.807, 2.05) is 18.4 Å². The molecule has 2 aromatic rings. The van der Waals surface area contributed by atoms with Gasteiger partial charge in [-0.15, -0.1) is 0 Å². The van der Waals surface area contributed by atoms with Gasteiger partial charge in [-0.3, -0.25) is 9.36 Å². The highest BCUT2D eigenvalue weighted by Crippen LogP contribution is 2.11. The summed E-state index contributed by atoms with van der Waals surface area (Å²) in [5.74, 6) is 0. The average molecular weight is 220 g/mol. The Morgan fingerprint density at radius 2 is 2.12 bits per heavy atom. The fourth-order valence-corrected chi connectivity index (χ4v) is 1.53. The van der Waals surface area contributed by atoms with Gasteiger partial charge in [0.1, 0.15) is 12.6 Å². The molecule has 0 aromatic carbocycles. The molecule has 0 radical (unpaired) electrons. The summed E-state index contributed by atoms with van der Waals surface area (Å²) in [5, 5.41) is 0. The highest BCUT2D eigenvalue weighted by atomic mass is 16.1. The van der Waals surface area contributed by atoms with Gasteiger partial charge in [-0.2, -0.15) is 0 Å². The van der Waals surface area contributed by atoms with Crippen LogP contribution in [0.4, 0.5) is 0 Å². The average Bonchev–Trinajstić information content (AvgIpc) is 2.67. The van der Waals surface area contributed by atoms with Crippen molar-refractivity contribution in [2.24, 2.45) is 0 Å². The van der Waals surface area contributed by atoms with Crippen LogP contribution in [-0.2, 0) is 11.3 Å². The molecule has 2 rings (SSSR count). The number of hydrogen-bond donors (Lipinski definition) is 0. The first-order chi connectivity index (χ1) is 7.65. The van der Waals surface area contributed by atoms with E-state index in [0.717, 1.165) is 0 Å².